The van der Waals surface area contributed by atoms with Crippen LogP contribution in [0.2, 0.25) is 0 Å². The number of benzene rings is 1. The Hall–Kier alpha value is -2.41. The molecule has 1 unspecified atom stereocenters. The van der Waals surface area contributed by atoms with Gasteiger partial charge in [-0.25, -0.2) is 9.40 Å². The Bertz CT molecular complexity index is 760. The third-order valence-corrected chi connectivity index (χ3v) is 4.62. The fourth-order valence-corrected chi connectivity index (χ4v) is 3.36. The lowest BCUT2D eigenvalue weighted by molar-refractivity contribution is 0.376. The first-order chi connectivity index (χ1) is 11.3. The Balaban J connectivity index is 1.44. The molecule has 0 spiro atoms. The monoisotopic (exact) mass is 327 g/mol. The second kappa shape index (κ2) is 6.00. The molecular weight excluding hydrogens is 313 g/mol. The van der Waals surface area contributed by atoms with E-state index < -0.39 is 0 Å². The van der Waals surface area contributed by atoms with Crippen LogP contribution in [-0.4, -0.2) is 26.9 Å². The molecule has 1 aromatic heterocycles. The summed E-state index contributed by atoms with van der Waals surface area (Å²) in [5.41, 5.74) is 2.11. The highest BCUT2D eigenvalue weighted by molar-refractivity contribution is 8.26. The van der Waals surface area contributed by atoms with Gasteiger partial charge in [0.05, 0.1) is 6.54 Å². The highest BCUT2D eigenvalue weighted by atomic mass is 32.2. The van der Waals surface area contributed by atoms with Gasteiger partial charge in [-0.15, -0.1) is 5.10 Å². The fraction of sp³-hybridized carbons (Fsp3) is 0.188. The van der Waals surface area contributed by atoms with Crippen LogP contribution >= 0.6 is 11.8 Å². The number of nitrogens with one attached hydrogen (secondary N) is 1. The van der Waals surface area contributed by atoms with E-state index in [9.17, 15) is 4.39 Å². The van der Waals surface area contributed by atoms with E-state index in [1.54, 1.807) is 18.3 Å². The summed E-state index contributed by atoms with van der Waals surface area (Å²) in [6.07, 6.45) is 3.62. The molecule has 0 bridgehead atoms. The Kier molecular flexibility index (Phi) is 3.70. The van der Waals surface area contributed by atoms with Crippen molar-refractivity contribution in [3.63, 3.8) is 0 Å². The number of aliphatic imine (C=N–C) groups is 1. The molecule has 0 amide bonds. The number of hydrogen-bond donors (Lipinski definition) is 1. The lowest BCUT2D eigenvalue weighted by atomic mass is 10.1. The standard InChI is InChI=1S/C16H14FN5S/c17-13-5-3-11(4-6-13)8-19-15-21-22-14(10-20-16(22)23-15)12-2-1-7-18-9-12/h1-7,9,14H,8,10H2,(H,19,21). The van der Waals surface area contributed by atoms with Crippen molar-refractivity contribution in [1.29, 1.82) is 0 Å². The molecule has 3 heterocycles. The van der Waals surface area contributed by atoms with Gasteiger partial charge in [0.2, 0.25) is 0 Å². The van der Waals surface area contributed by atoms with Crippen molar-refractivity contribution in [2.24, 2.45) is 10.1 Å². The van der Waals surface area contributed by atoms with Gasteiger partial charge in [0, 0.05) is 18.9 Å². The van der Waals surface area contributed by atoms with Crippen molar-refractivity contribution in [2.45, 2.75) is 12.6 Å². The molecule has 116 valence electrons. The van der Waals surface area contributed by atoms with Crippen molar-refractivity contribution in [2.75, 3.05) is 6.54 Å². The van der Waals surface area contributed by atoms with E-state index in [0.717, 1.165) is 21.5 Å². The van der Waals surface area contributed by atoms with E-state index in [1.165, 1.54) is 23.9 Å². The largest absolute Gasteiger partial charge is 0.359 e. The summed E-state index contributed by atoms with van der Waals surface area (Å²) in [6.45, 7) is 1.30. The van der Waals surface area contributed by atoms with Gasteiger partial charge in [0.1, 0.15) is 11.9 Å². The number of hydrogen-bond acceptors (Lipinski definition) is 6. The maximum atomic E-state index is 12.9. The minimum absolute atomic E-state index is 0.108. The minimum Gasteiger partial charge on any atom is -0.359 e. The second-order valence-electron chi connectivity index (χ2n) is 5.26. The molecule has 4 rings (SSSR count). The number of nitrogens with zero attached hydrogens (tertiary/aromatic N) is 4. The maximum absolute atomic E-state index is 12.9. The molecule has 7 heteroatoms. The van der Waals surface area contributed by atoms with Crippen molar-refractivity contribution in [1.82, 2.24) is 15.3 Å². The van der Waals surface area contributed by atoms with E-state index in [2.05, 4.69) is 20.4 Å². The summed E-state index contributed by atoms with van der Waals surface area (Å²) in [5.74, 6) is -0.226. The molecule has 2 aliphatic rings. The molecule has 1 aromatic carbocycles. The summed E-state index contributed by atoms with van der Waals surface area (Å²) < 4.78 is 12.9. The van der Waals surface area contributed by atoms with Gasteiger partial charge >= 0.3 is 0 Å². The summed E-state index contributed by atoms with van der Waals surface area (Å²) in [5, 5.41) is 11.5. The zero-order valence-corrected chi connectivity index (χ0v) is 13.0. The zero-order chi connectivity index (χ0) is 15.6. The molecule has 1 atom stereocenters. The van der Waals surface area contributed by atoms with Gasteiger partial charge in [0.15, 0.2) is 10.3 Å². The molecule has 1 N–H and O–H groups in total. The second-order valence-corrected chi connectivity index (χ2v) is 6.21. The summed E-state index contributed by atoms with van der Waals surface area (Å²) in [6, 6.07) is 10.5. The molecule has 5 nitrogen and oxygen atoms in total. The number of amidine groups is 2. The Labute approximate surface area is 137 Å². The molecule has 2 aromatic rings. The van der Waals surface area contributed by atoms with Gasteiger partial charge in [-0.05, 0) is 41.1 Å². The Morgan fingerprint density at radius 3 is 2.91 bits per heavy atom. The number of pyridine rings is 1. The fourth-order valence-electron chi connectivity index (χ4n) is 2.51. The molecular formula is C16H14FN5S. The third kappa shape index (κ3) is 2.92. The van der Waals surface area contributed by atoms with Crippen molar-refractivity contribution in [3.05, 3.63) is 65.7 Å². The van der Waals surface area contributed by atoms with Crippen molar-refractivity contribution >= 4 is 22.1 Å². The van der Waals surface area contributed by atoms with Gasteiger partial charge in [0.25, 0.3) is 0 Å². The average Bonchev–Trinajstić information content (AvgIpc) is 3.15. The predicted molar refractivity (Wildman–Crippen MR) is 89.4 cm³/mol. The lowest BCUT2D eigenvalue weighted by Gasteiger charge is -2.17. The van der Waals surface area contributed by atoms with Crippen LogP contribution in [0.15, 0.2) is 58.9 Å². The van der Waals surface area contributed by atoms with Crippen LogP contribution < -0.4 is 5.32 Å². The Morgan fingerprint density at radius 2 is 2.13 bits per heavy atom. The SMILES string of the molecule is Fc1ccc(CNC2=NN3C(=NCC3c3cccnc3)S2)cc1. The topological polar surface area (TPSA) is 52.9 Å². The van der Waals surface area contributed by atoms with Crippen LogP contribution in [0, 0.1) is 5.82 Å². The first-order valence-electron chi connectivity index (χ1n) is 7.28. The zero-order valence-electron chi connectivity index (χ0n) is 12.2. The van der Waals surface area contributed by atoms with Gasteiger partial charge in [-0.3, -0.25) is 9.98 Å². The number of rotatable bonds is 3. The van der Waals surface area contributed by atoms with E-state index >= 15 is 0 Å². The summed E-state index contributed by atoms with van der Waals surface area (Å²) in [4.78, 5) is 8.71. The summed E-state index contributed by atoms with van der Waals surface area (Å²) >= 11 is 1.52. The number of fused-ring (bicyclic) bond motifs is 1. The van der Waals surface area contributed by atoms with Crippen LogP contribution in [0.3, 0.4) is 0 Å². The molecule has 0 aliphatic carbocycles. The van der Waals surface area contributed by atoms with Crippen LogP contribution in [0.4, 0.5) is 4.39 Å². The molecule has 23 heavy (non-hydrogen) atoms. The number of thioether (sulfide) groups is 1. The van der Waals surface area contributed by atoms with Crippen LogP contribution in [0.5, 0.6) is 0 Å². The predicted octanol–water partition coefficient (Wildman–Crippen LogP) is 2.74. The first kappa shape index (κ1) is 14.2. The smallest absolute Gasteiger partial charge is 0.189 e. The van der Waals surface area contributed by atoms with Gasteiger partial charge in [-0.2, -0.15) is 0 Å². The Morgan fingerprint density at radius 1 is 1.26 bits per heavy atom. The highest BCUT2D eigenvalue weighted by Gasteiger charge is 2.35. The van der Waals surface area contributed by atoms with Crippen molar-refractivity contribution in [3.8, 4) is 0 Å². The first-order valence-corrected chi connectivity index (χ1v) is 8.09. The normalized spacial score (nSPS) is 19.3. The van der Waals surface area contributed by atoms with Crippen molar-refractivity contribution < 1.29 is 4.39 Å². The van der Waals surface area contributed by atoms with E-state index in [-0.39, 0.29) is 11.9 Å². The van der Waals surface area contributed by atoms with E-state index in [0.29, 0.717) is 13.1 Å². The van der Waals surface area contributed by atoms with Crippen LogP contribution in [0.25, 0.3) is 0 Å². The third-order valence-electron chi connectivity index (χ3n) is 3.70. The van der Waals surface area contributed by atoms with Crippen LogP contribution in [0.1, 0.15) is 17.2 Å². The number of hydrazone groups is 1. The summed E-state index contributed by atoms with van der Waals surface area (Å²) in [7, 11) is 0. The average molecular weight is 327 g/mol. The molecule has 0 saturated heterocycles. The number of halogens is 1. The molecule has 0 fully saturated rings. The van der Waals surface area contributed by atoms with E-state index in [1.807, 2.05) is 23.3 Å². The number of aromatic nitrogens is 1. The van der Waals surface area contributed by atoms with Gasteiger partial charge in [-0.1, -0.05) is 18.2 Å². The highest BCUT2D eigenvalue weighted by Crippen LogP contribution is 2.34. The van der Waals surface area contributed by atoms with E-state index in [4.69, 9.17) is 0 Å². The molecule has 0 radical (unpaired) electrons. The molecule has 2 aliphatic heterocycles. The van der Waals surface area contributed by atoms with Gasteiger partial charge < -0.3 is 5.32 Å². The molecule has 0 saturated carbocycles. The minimum atomic E-state index is -0.226. The quantitative estimate of drug-likeness (QED) is 0.942. The maximum Gasteiger partial charge on any atom is 0.189 e. The lowest BCUT2D eigenvalue weighted by Crippen LogP contribution is -2.21. The van der Waals surface area contributed by atoms with Crippen LogP contribution in [-0.2, 0) is 6.54 Å².